The van der Waals surface area contributed by atoms with Crippen LogP contribution in [0, 0.1) is 0 Å². The van der Waals surface area contributed by atoms with Crippen LogP contribution >= 0.6 is 0 Å². The average molecular weight is 542 g/mol. The zero-order chi connectivity index (χ0) is 27.1. The highest BCUT2D eigenvalue weighted by molar-refractivity contribution is 7.90. The highest BCUT2D eigenvalue weighted by atomic mass is 32.2. The summed E-state index contributed by atoms with van der Waals surface area (Å²) >= 11 is 0. The van der Waals surface area contributed by atoms with Crippen molar-refractivity contribution in [2.24, 2.45) is 0 Å². The van der Waals surface area contributed by atoms with Crippen molar-refractivity contribution in [1.82, 2.24) is 29.8 Å². The zero-order valence-corrected chi connectivity index (χ0v) is 22.1. The predicted octanol–water partition coefficient (Wildman–Crippen LogP) is 2.25. The molecule has 0 atom stereocenters. The molecule has 0 saturated carbocycles. The minimum absolute atomic E-state index is 0.0983. The molecule has 0 unspecified atom stereocenters. The summed E-state index contributed by atoms with van der Waals surface area (Å²) in [4.78, 5) is 28.2. The summed E-state index contributed by atoms with van der Waals surface area (Å²) in [6.45, 7) is 3.69. The smallest absolute Gasteiger partial charge is 0.328 e. The van der Waals surface area contributed by atoms with E-state index in [0.717, 1.165) is 24.0 Å². The number of pyridine rings is 1. The van der Waals surface area contributed by atoms with Crippen LogP contribution in [0.2, 0.25) is 0 Å². The van der Waals surface area contributed by atoms with Gasteiger partial charge in [-0.1, -0.05) is 31.5 Å². The van der Waals surface area contributed by atoms with Gasteiger partial charge in [-0.3, -0.25) is 4.57 Å². The Bertz CT molecular complexity index is 1530. The second kappa shape index (κ2) is 12.0. The lowest BCUT2D eigenvalue weighted by atomic mass is 10.2. The molecule has 0 fully saturated rings. The van der Waals surface area contributed by atoms with Gasteiger partial charge in [0.05, 0.1) is 18.9 Å². The van der Waals surface area contributed by atoms with E-state index in [-0.39, 0.29) is 29.8 Å². The van der Waals surface area contributed by atoms with Crippen LogP contribution in [0.25, 0.3) is 11.2 Å². The number of nitrogens with two attached hydrogens (primary N) is 1. The van der Waals surface area contributed by atoms with Crippen LogP contribution in [0.15, 0.2) is 47.4 Å². The molecule has 4 rings (SSSR count). The monoisotopic (exact) mass is 541 g/mol. The van der Waals surface area contributed by atoms with Crippen LogP contribution in [-0.4, -0.2) is 58.1 Å². The van der Waals surface area contributed by atoms with E-state index in [2.05, 4.69) is 32.2 Å². The molecule has 0 radical (unpaired) electrons. The van der Waals surface area contributed by atoms with E-state index in [1.165, 1.54) is 10.8 Å². The van der Waals surface area contributed by atoms with Crippen molar-refractivity contribution >= 4 is 26.8 Å². The van der Waals surface area contributed by atoms with Gasteiger partial charge < -0.3 is 25.5 Å². The second-order valence-electron chi connectivity index (χ2n) is 8.87. The van der Waals surface area contributed by atoms with Crippen molar-refractivity contribution in [2.45, 2.75) is 32.9 Å². The predicted molar refractivity (Wildman–Crippen MR) is 144 cm³/mol. The number of aromatic amines is 1. The first-order chi connectivity index (χ1) is 18.2. The first-order valence-electron chi connectivity index (χ1n) is 12.2. The molecule has 3 heterocycles. The Labute approximate surface area is 220 Å². The molecule has 1 aromatic carbocycles. The van der Waals surface area contributed by atoms with Gasteiger partial charge in [0.15, 0.2) is 11.5 Å². The molecule has 4 N–H and O–H groups in total. The Kier molecular flexibility index (Phi) is 8.59. The number of nitrogens with zero attached hydrogens (tertiary/aromatic N) is 4. The summed E-state index contributed by atoms with van der Waals surface area (Å²) in [5.74, 6) is 1.26. The van der Waals surface area contributed by atoms with E-state index in [4.69, 9.17) is 15.2 Å². The number of nitrogen functional groups attached to an aromatic ring is 1. The van der Waals surface area contributed by atoms with Crippen LogP contribution in [0.4, 0.5) is 5.82 Å². The lowest BCUT2D eigenvalue weighted by Gasteiger charge is -2.09. The minimum Gasteiger partial charge on any atom is -0.463 e. The molecular formula is C25H31N7O5S. The number of imidazole rings is 1. The number of hydrogen-bond acceptors (Lipinski definition) is 10. The first kappa shape index (κ1) is 27.1. The van der Waals surface area contributed by atoms with Gasteiger partial charge in [-0.25, -0.2) is 18.2 Å². The van der Waals surface area contributed by atoms with Crippen molar-refractivity contribution in [2.75, 3.05) is 30.9 Å². The molecule has 0 spiro atoms. The number of sulfone groups is 1. The SMILES string of the molecule is CCCCOc1nc(N)c2[nH]c(=O)n(Cc3ccc(Oc4ccc(CNCCS(C)(=O)=O)cc4)nc3)c2n1. The Morgan fingerprint density at radius 3 is 2.55 bits per heavy atom. The maximum Gasteiger partial charge on any atom is 0.328 e. The van der Waals surface area contributed by atoms with Crippen molar-refractivity contribution in [3.8, 4) is 17.6 Å². The summed E-state index contributed by atoms with van der Waals surface area (Å²) < 4.78 is 35.3. The first-order valence-corrected chi connectivity index (χ1v) is 14.3. The highest BCUT2D eigenvalue weighted by Crippen LogP contribution is 2.21. The van der Waals surface area contributed by atoms with Gasteiger partial charge >= 0.3 is 11.7 Å². The maximum absolute atomic E-state index is 12.6. The van der Waals surface area contributed by atoms with Crippen LogP contribution in [0.3, 0.4) is 0 Å². The lowest BCUT2D eigenvalue weighted by Crippen LogP contribution is -2.21. The molecule has 0 aliphatic heterocycles. The number of anilines is 1. The van der Waals surface area contributed by atoms with Crippen LogP contribution < -0.4 is 26.2 Å². The molecule has 0 amide bonds. The van der Waals surface area contributed by atoms with Gasteiger partial charge in [-0.15, -0.1) is 0 Å². The fraction of sp³-hybridized carbons (Fsp3) is 0.360. The van der Waals surface area contributed by atoms with Crippen molar-refractivity contribution in [3.05, 3.63) is 64.2 Å². The average Bonchev–Trinajstić information content (AvgIpc) is 3.19. The molecule has 202 valence electrons. The van der Waals surface area contributed by atoms with Gasteiger partial charge in [0.25, 0.3) is 0 Å². The molecular weight excluding hydrogens is 510 g/mol. The highest BCUT2D eigenvalue weighted by Gasteiger charge is 2.15. The summed E-state index contributed by atoms with van der Waals surface area (Å²) in [5.41, 5.74) is 8.14. The number of fused-ring (bicyclic) bond motifs is 1. The number of hydrogen-bond donors (Lipinski definition) is 3. The van der Waals surface area contributed by atoms with Crippen molar-refractivity contribution in [3.63, 3.8) is 0 Å². The topological polar surface area (TPSA) is 167 Å². The Morgan fingerprint density at radius 1 is 1.11 bits per heavy atom. The molecule has 0 saturated heterocycles. The van der Waals surface area contributed by atoms with E-state index in [1.54, 1.807) is 12.3 Å². The quantitative estimate of drug-likeness (QED) is 0.214. The summed E-state index contributed by atoms with van der Waals surface area (Å²) in [7, 11) is -2.98. The lowest BCUT2D eigenvalue weighted by molar-refractivity contribution is 0.286. The zero-order valence-electron chi connectivity index (χ0n) is 21.3. The largest absolute Gasteiger partial charge is 0.463 e. The number of unbranched alkanes of at least 4 members (excludes halogenated alkanes) is 1. The van der Waals surface area contributed by atoms with E-state index < -0.39 is 9.84 Å². The maximum atomic E-state index is 12.6. The van der Waals surface area contributed by atoms with Crippen molar-refractivity contribution in [1.29, 1.82) is 0 Å². The van der Waals surface area contributed by atoms with Crippen molar-refractivity contribution < 1.29 is 17.9 Å². The minimum atomic E-state index is -2.98. The molecule has 12 nitrogen and oxygen atoms in total. The van der Waals surface area contributed by atoms with Crippen LogP contribution in [-0.2, 0) is 22.9 Å². The Balaban J connectivity index is 1.39. The molecule has 0 aliphatic rings. The van der Waals surface area contributed by atoms with Gasteiger partial charge in [0.1, 0.15) is 21.1 Å². The molecule has 3 aromatic heterocycles. The van der Waals surface area contributed by atoms with Gasteiger partial charge in [-0.2, -0.15) is 9.97 Å². The molecule has 13 heteroatoms. The number of rotatable bonds is 13. The second-order valence-corrected chi connectivity index (χ2v) is 11.1. The third-order valence-electron chi connectivity index (χ3n) is 5.62. The Morgan fingerprint density at radius 2 is 1.87 bits per heavy atom. The van der Waals surface area contributed by atoms with E-state index >= 15 is 0 Å². The third kappa shape index (κ3) is 7.29. The van der Waals surface area contributed by atoms with Crippen LogP contribution in [0.1, 0.15) is 30.9 Å². The number of H-pyrrole nitrogens is 1. The Hall–Kier alpha value is -3.97. The summed E-state index contributed by atoms with van der Waals surface area (Å²) in [6, 6.07) is 11.1. The van der Waals surface area contributed by atoms with E-state index in [1.807, 2.05) is 30.3 Å². The van der Waals surface area contributed by atoms with Crippen LogP contribution in [0.5, 0.6) is 17.6 Å². The van der Waals surface area contributed by atoms with Gasteiger partial charge in [-0.05, 0) is 29.7 Å². The van der Waals surface area contributed by atoms with Gasteiger partial charge in [0, 0.05) is 31.6 Å². The standard InChI is InChI=1S/C25H31N7O5S/c1-3-4-12-36-24-30-22(26)21-23(31-24)32(25(33)29-21)16-18-7-10-20(28-15-18)37-19-8-5-17(6-9-19)14-27-11-13-38(2,34)35/h5-10,15,27H,3-4,11-14,16H2,1-2H3,(H,29,33)(H2,26,30,31). The fourth-order valence-electron chi connectivity index (χ4n) is 3.58. The summed E-state index contributed by atoms with van der Waals surface area (Å²) in [5, 5.41) is 3.10. The normalized spacial score (nSPS) is 11.6. The molecule has 4 aromatic rings. The van der Waals surface area contributed by atoms with E-state index in [9.17, 15) is 13.2 Å². The fourth-order valence-corrected chi connectivity index (χ4v) is 4.10. The third-order valence-corrected chi connectivity index (χ3v) is 6.57. The number of nitrogens with one attached hydrogen (secondary N) is 2. The molecule has 0 aliphatic carbocycles. The van der Waals surface area contributed by atoms with E-state index in [0.29, 0.717) is 42.5 Å². The molecule has 0 bridgehead atoms. The van der Waals surface area contributed by atoms with Gasteiger partial charge in [0.2, 0.25) is 5.88 Å². The molecule has 38 heavy (non-hydrogen) atoms. The summed E-state index contributed by atoms with van der Waals surface area (Å²) in [6.07, 6.45) is 4.67. The number of aromatic nitrogens is 5. The number of benzene rings is 1. The number of ether oxygens (including phenoxy) is 2.